The normalized spacial score (nSPS) is 18.1. The van der Waals surface area contributed by atoms with E-state index in [-0.39, 0.29) is 18.4 Å². The number of likely N-dealkylation sites (tertiary alicyclic amines) is 1. The third-order valence-corrected chi connectivity index (χ3v) is 6.26. The molecule has 2 heterocycles. The van der Waals surface area contributed by atoms with Gasteiger partial charge in [-0.15, -0.1) is 0 Å². The lowest BCUT2D eigenvalue weighted by Gasteiger charge is -2.30. The summed E-state index contributed by atoms with van der Waals surface area (Å²) in [4.78, 5) is 31.3. The number of hydrogen-bond acceptors (Lipinski definition) is 4. The molecule has 5 nitrogen and oxygen atoms in total. The highest BCUT2D eigenvalue weighted by Gasteiger charge is 2.30. The first-order valence-corrected chi connectivity index (χ1v) is 10.9. The number of nitrogens with one attached hydrogen (secondary N) is 1. The van der Waals surface area contributed by atoms with Gasteiger partial charge in [0, 0.05) is 18.0 Å². The van der Waals surface area contributed by atoms with Crippen LogP contribution in [0.15, 0.2) is 64.4 Å². The van der Waals surface area contributed by atoms with E-state index in [1.807, 2.05) is 60.7 Å². The Kier molecular flexibility index (Phi) is 6.32. The van der Waals surface area contributed by atoms with Crippen LogP contribution in [0, 0.1) is 0 Å². The number of thioether (sulfide) groups is 1. The van der Waals surface area contributed by atoms with E-state index in [2.05, 4.69) is 10.2 Å². The molecule has 1 saturated heterocycles. The first kappa shape index (κ1) is 19.7. The van der Waals surface area contributed by atoms with Gasteiger partial charge in [-0.2, -0.15) is 0 Å². The van der Waals surface area contributed by atoms with Gasteiger partial charge in [0.05, 0.1) is 10.6 Å². The Hall–Kier alpha value is -2.57. The zero-order chi connectivity index (χ0) is 20.1. The molecule has 0 radical (unpaired) electrons. The predicted molar refractivity (Wildman–Crippen MR) is 118 cm³/mol. The predicted octanol–water partition coefficient (Wildman–Crippen LogP) is 3.38. The molecule has 0 spiro atoms. The molecule has 2 amide bonds. The highest BCUT2D eigenvalue weighted by atomic mass is 32.2. The number of anilines is 1. The van der Waals surface area contributed by atoms with E-state index in [4.69, 9.17) is 0 Å². The van der Waals surface area contributed by atoms with Crippen molar-refractivity contribution in [3.8, 4) is 0 Å². The molecular formula is C23H25N3O2S. The van der Waals surface area contributed by atoms with Crippen molar-refractivity contribution in [2.24, 2.45) is 0 Å². The summed E-state index contributed by atoms with van der Waals surface area (Å²) >= 11 is 1.46. The second-order valence-corrected chi connectivity index (χ2v) is 8.36. The molecule has 6 heteroatoms. The van der Waals surface area contributed by atoms with Crippen molar-refractivity contribution in [1.29, 1.82) is 0 Å². The van der Waals surface area contributed by atoms with Gasteiger partial charge in [0.1, 0.15) is 6.54 Å². The fourth-order valence-electron chi connectivity index (χ4n) is 3.68. The summed E-state index contributed by atoms with van der Waals surface area (Å²) in [6.07, 6.45) is 4.36. The fourth-order valence-corrected chi connectivity index (χ4v) is 4.74. The Labute approximate surface area is 175 Å². The summed E-state index contributed by atoms with van der Waals surface area (Å²) in [6, 6.07) is 17.5. The number of fused-ring (bicyclic) bond motifs is 1. The molecule has 150 valence electrons. The van der Waals surface area contributed by atoms with Crippen LogP contribution in [0.3, 0.4) is 0 Å². The van der Waals surface area contributed by atoms with Crippen LogP contribution in [0.2, 0.25) is 0 Å². The van der Waals surface area contributed by atoms with Gasteiger partial charge in [0.15, 0.2) is 0 Å². The van der Waals surface area contributed by atoms with Gasteiger partial charge in [-0.3, -0.25) is 14.5 Å². The second-order valence-electron chi connectivity index (χ2n) is 7.28. The van der Waals surface area contributed by atoms with Gasteiger partial charge in [-0.05, 0) is 49.7 Å². The number of carbonyl (C=O) groups excluding carboxylic acids is 2. The van der Waals surface area contributed by atoms with Gasteiger partial charge in [0.2, 0.25) is 5.91 Å². The number of rotatable bonds is 6. The molecular weight excluding hydrogens is 382 g/mol. The van der Waals surface area contributed by atoms with E-state index in [0.717, 1.165) is 35.8 Å². The molecule has 0 aliphatic carbocycles. The van der Waals surface area contributed by atoms with Gasteiger partial charge in [-0.1, -0.05) is 54.2 Å². The van der Waals surface area contributed by atoms with Crippen molar-refractivity contribution in [3.63, 3.8) is 0 Å². The zero-order valence-electron chi connectivity index (χ0n) is 16.3. The van der Waals surface area contributed by atoms with E-state index in [1.54, 1.807) is 4.90 Å². The molecule has 2 aromatic carbocycles. The summed E-state index contributed by atoms with van der Waals surface area (Å²) in [6.45, 7) is 3.73. The van der Waals surface area contributed by atoms with Crippen LogP contribution in [-0.4, -0.2) is 49.4 Å². The zero-order valence-corrected chi connectivity index (χ0v) is 17.2. The van der Waals surface area contributed by atoms with Crippen molar-refractivity contribution in [1.82, 2.24) is 10.2 Å². The monoisotopic (exact) mass is 407 g/mol. The number of amides is 2. The van der Waals surface area contributed by atoms with Crippen molar-refractivity contribution in [2.45, 2.75) is 17.7 Å². The summed E-state index contributed by atoms with van der Waals surface area (Å²) in [5.74, 6) is -0.259. The Morgan fingerprint density at radius 3 is 2.55 bits per heavy atom. The lowest BCUT2D eigenvalue weighted by molar-refractivity contribution is -0.122. The van der Waals surface area contributed by atoms with Crippen LogP contribution in [-0.2, 0) is 9.59 Å². The van der Waals surface area contributed by atoms with Crippen LogP contribution in [0.4, 0.5) is 5.69 Å². The van der Waals surface area contributed by atoms with Crippen LogP contribution in [0.1, 0.15) is 18.4 Å². The quantitative estimate of drug-likeness (QED) is 0.746. The SMILES string of the molecule is O=C(CN1C(=O)/C(=C/c2ccccc2)Sc2ccccc21)NCCN1CCCC1. The van der Waals surface area contributed by atoms with Crippen molar-refractivity contribution < 1.29 is 9.59 Å². The molecule has 29 heavy (non-hydrogen) atoms. The maximum Gasteiger partial charge on any atom is 0.265 e. The van der Waals surface area contributed by atoms with Crippen molar-refractivity contribution >= 4 is 35.3 Å². The first-order valence-electron chi connectivity index (χ1n) is 10.1. The number of hydrogen-bond donors (Lipinski definition) is 1. The molecule has 0 saturated carbocycles. The van der Waals surface area contributed by atoms with Crippen LogP contribution in [0.5, 0.6) is 0 Å². The molecule has 1 N–H and O–H groups in total. The van der Waals surface area contributed by atoms with Gasteiger partial charge >= 0.3 is 0 Å². The molecule has 0 unspecified atom stereocenters. The van der Waals surface area contributed by atoms with Crippen molar-refractivity contribution in [2.75, 3.05) is 37.6 Å². The minimum Gasteiger partial charge on any atom is -0.353 e. The van der Waals surface area contributed by atoms with Crippen molar-refractivity contribution in [3.05, 3.63) is 65.1 Å². The highest BCUT2D eigenvalue weighted by molar-refractivity contribution is 8.04. The van der Waals surface area contributed by atoms with E-state index in [0.29, 0.717) is 11.4 Å². The average Bonchev–Trinajstić information content (AvgIpc) is 3.25. The lowest BCUT2D eigenvalue weighted by Crippen LogP contribution is -2.44. The summed E-state index contributed by atoms with van der Waals surface area (Å²) < 4.78 is 0. The van der Waals surface area contributed by atoms with E-state index < -0.39 is 0 Å². The van der Waals surface area contributed by atoms with E-state index in [9.17, 15) is 9.59 Å². The Morgan fingerprint density at radius 1 is 1.03 bits per heavy atom. The average molecular weight is 408 g/mol. The maximum absolute atomic E-state index is 13.2. The molecule has 2 aliphatic rings. The Balaban J connectivity index is 1.47. The number of nitrogens with zero attached hydrogens (tertiary/aromatic N) is 2. The van der Waals surface area contributed by atoms with Crippen LogP contribution in [0.25, 0.3) is 6.08 Å². The fraction of sp³-hybridized carbons (Fsp3) is 0.304. The smallest absolute Gasteiger partial charge is 0.265 e. The molecule has 2 aliphatic heterocycles. The topological polar surface area (TPSA) is 52.7 Å². The Bertz CT molecular complexity index is 907. The molecule has 0 atom stereocenters. The molecule has 0 bridgehead atoms. The second kappa shape index (κ2) is 9.29. The molecule has 0 aromatic heterocycles. The van der Waals surface area contributed by atoms with E-state index >= 15 is 0 Å². The largest absolute Gasteiger partial charge is 0.353 e. The van der Waals surface area contributed by atoms with Crippen LogP contribution < -0.4 is 10.2 Å². The third kappa shape index (κ3) is 4.89. The molecule has 2 aromatic rings. The third-order valence-electron chi connectivity index (χ3n) is 5.18. The standard InChI is InChI=1S/C23H25N3O2S/c27-22(24-12-15-25-13-6-7-14-25)17-26-19-10-4-5-11-20(19)29-21(23(26)28)16-18-8-2-1-3-9-18/h1-5,8-11,16H,6-7,12-15,17H2,(H,24,27)/b21-16-. The van der Waals surface area contributed by atoms with Gasteiger partial charge in [0.25, 0.3) is 5.91 Å². The number of carbonyl (C=O) groups is 2. The maximum atomic E-state index is 13.2. The van der Waals surface area contributed by atoms with Gasteiger partial charge in [-0.25, -0.2) is 0 Å². The highest BCUT2D eigenvalue weighted by Crippen LogP contribution is 2.41. The summed E-state index contributed by atoms with van der Waals surface area (Å²) in [5.41, 5.74) is 1.76. The molecule has 1 fully saturated rings. The van der Waals surface area contributed by atoms with Crippen LogP contribution >= 0.6 is 11.8 Å². The summed E-state index contributed by atoms with van der Waals surface area (Å²) in [7, 11) is 0. The lowest BCUT2D eigenvalue weighted by atomic mass is 10.2. The Morgan fingerprint density at radius 2 is 1.76 bits per heavy atom. The summed E-state index contributed by atoms with van der Waals surface area (Å²) in [5, 5.41) is 2.97. The number of para-hydroxylation sites is 1. The minimum atomic E-state index is -0.132. The first-order chi connectivity index (χ1) is 14.2. The minimum absolute atomic E-state index is 0.0303. The van der Waals surface area contributed by atoms with Gasteiger partial charge < -0.3 is 10.2 Å². The van der Waals surface area contributed by atoms with E-state index in [1.165, 1.54) is 24.6 Å². The number of benzene rings is 2. The molecule has 4 rings (SSSR count).